The third-order valence-electron chi connectivity index (χ3n) is 0. The molecular formula is B3F. The van der Waals surface area contributed by atoms with Crippen LogP contribution in [0.15, 0.2) is 0 Å². The van der Waals surface area contributed by atoms with Crippen molar-refractivity contribution in [1.82, 2.24) is 0 Å². The van der Waals surface area contributed by atoms with Crippen LogP contribution in [0.3, 0.4) is 0 Å². The lowest BCUT2D eigenvalue weighted by atomic mass is 10.7. The summed E-state index contributed by atoms with van der Waals surface area (Å²) in [5.74, 6) is 0. The molecule has 0 nitrogen and oxygen atoms in total. The van der Waals surface area contributed by atoms with Crippen LogP contribution in [0.2, 0.25) is 0 Å². The summed E-state index contributed by atoms with van der Waals surface area (Å²) in [6, 6.07) is 0. The van der Waals surface area contributed by atoms with Crippen molar-refractivity contribution >= 4 is 24.9 Å². The van der Waals surface area contributed by atoms with E-state index in [1.54, 1.807) is 0 Å². The SMILES string of the molecule is [B].[B].[B]F. The van der Waals surface area contributed by atoms with Gasteiger partial charge in [0.1, 0.15) is 0 Å². The summed E-state index contributed by atoms with van der Waals surface area (Å²) in [6.45, 7) is 0. The maximum absolute atomic E-state index is 9.00. The Kier molecular flexibility index (Phi) is 7210. The van der Waals surface area contributed by atoms with Gasteiger partial charge in [0.25, 0.3) is 0 Å². The van der Waals surface area contributed by atoms with Crippen LogP contribution in [0.1, 0.15) is 0 Å². The average Bonchev–Trinajstić information content (AvgIpc) is 1.00. The Balaban J connectivity index is -0.00000000500. The Morgan fingerprint density at radius 3 is 1.00 bits per heavy atom. The topological polar surface area (TPSA) is 0 Å². The van der Waals surface area contributed by atoms with E-state index in [4.69, 9.17) is 4.32 Å². The number of hydrogen-bond acceptors (Lipinski definition) is 0. The maximum atomic E-state index is 9.00. The molecule has 0 N–H and O–H groups in total. The molecule has 0 fully saturated rings. The summed E-state index contributed by atoms with van der Waals surface area (Å²) < 4.78 is 9.00. The van der Waals surface area contributed by atoms with Crippen LogP contribution < -0.4 is 0 Å². The summed E-state index contributed by atoms with van der Waals surface area (Å²) in [5, 5.41) is 0. The van der Waals surface area contributed by atoms with Crippen molar-refractivity contribution in [2.45, 2.75) is 0 Å². The molecular weight excluding hydrogens is 51.4 g/mol. The average molecular weight is 51.4 g/mol. The summed E-state index contributed by atoms with van der Waals surface area (Å²) in [4.78, 5) is 0. The predicted molar refractivity (Wildman–Crippen MR) is 18.4 cm³/mol. The molecule has 0 aliphatic heterocycles. The zero-order valence-corrected chi connectivity index (χ0v) is 2.11. The van der Waals surface area contributed by atoms with E-state index in [9.17, 15) is 0 Å². The van der Waals surface area contributed by atoms with E-state index in [2.05, 4.69) is 8.12 Å². The minimum atomic E-state index is 0. The second kappa shape index (κ2) is 906. The lowest BCUT2D eigenvalue weighted by molar-refractivity contribution is 0.902. The highest BCUT2D eigenvalue weighted by Crippen LogP contribution is 1.10. The van der Waals surface area contributed by atoms with E-state index in [1.807, 2.05) is 0 Å². The fourth-order valence-electron chi connectivity index (χ4n) is 0. The Morgan fingerprint density at radius 1 is 1.00 bits per heavy atom. The fourth-order valence-corrected chi connectivity index (χ4v) is 0. The minimum absolute atomic E-state index is 0. The van der Waals surface area contributed by atoms with Crippen molar-refractivity contribution in [3.8, 4) is 0 Å². The largest absolute Gasteiger partial charge is 0.350 e. The van der Waals surface area contributed by atoms with Gasteiger partial charge in [-0.3, -0.25) is 0 Å². The van der Waals surface area contributed by atoms with Gasteiger partial charge in [-0.2, -0.15) is 0 Å². The Hall–Kier alpha value is 0.125. The first-order valence-corrected chi connectivity index (χ1v) is 0.218. The minimum Gasteiger partial charge on any atom is -0.350 e. The smallest absolute Gasteiger partial charge is 0.350 e. The Labute approximate surface area is 30.4 Å². The molecule has 8 radical (unpaired) electrons. The van der Waals surface area contributed by atoms with Crippen LogP contribution in [0.5, 0.6) is 0 Å². The third-order valence-corrected chi connectivity index (χ3v) is 0. The fraction of sp³-hybridized carbons (Fsp3) is 0. The molecule has 0 saturated heterocycles. The molecule has 0 aromatic carbocycles. The van der Waals surface area contributed by atoms with Gasteiger partial charge in [0.05, 0.1) is 0 Å². The van der Waals surface area contributed by atoms with Crippen LogP contribution in [-0.2, 0) is 0 Å². The van der Waals surface area contributed by atoms with Gasteiger partial charge < -0.3 is 4.32 Å². The molecule has 0 unspecified atom stereocenters. The van der Waals surface area contributed by atoms with Gasteiger partial charge in [0.15, 0.2) is 0 Å². The molecule has 0 aliphatic rings. The van der Waals surface area contributed by atoms with Gasteiger partial charge in [-0.15, -0.1) is 0 Å². The standard InChI is InChI=1S/BF.2B/c1-2;;. The van der Waals surface area contributed by atoms with Crippen LogP contribution in [0.25, 0.3) is 0 Å². The molecule has 4 heavy (non-hydrogen) atoms. The number of rotatable bonds is 0. The van der Waals surface area contributed by atoms with E-state index in [0.29, 0.717) is 0 Å². The van der Waals surface area contributed by atoms with E-state index >= 15 is 0 Å². The summed E-state index contributed by atoms with van der Waals surface area (Å²) in [5.41, 5.74) is 0. The first kappa shape index (κ1) is 31.8. The molecule has 4 heteroatoms. The summed E-state index contributed by atoms with van der Waals surface area (Å²) >= 11 is 0. The molecule has 16 valence electrons. The highest BCUT2D eigenvalue weighted by Gasteiger charge is 1.06. The second-order valence-electron chi connectivity index (χ2n) is 0. The van der Waals surface area contributed by atoms with Gasteiger partial charge in [0, 0.05) is 16.8 Å². The van der Waals surface area contributed by atoms with Crippen molar-refractivity contribution in [2.75, 3.05) is 0 Å². The van der Waals surface area contributed by atoms with Crippen molar-refractivity contribution < 1.29 is 4.32 Å². The van der Waals surface area contributed by atoms with Crippen LogP contribution in [0, 0.1) is 0 Å². The first-order chi connectivity index (χ1) is 1.00. The van der Waals surface area contributed by atoms with Crippen molar-refractivity contribution in [2.24, 2.45) is 0 Å². The summed E-state index contributed by atoms with van der Waals surface area (Å²) in [6.07, 6.45) is 0. The maximum Gasteiger partial charge on any atom is 0.350 e. The molecule has 0 aromatic heterocycles. The quantitative estimate of drug-likeness (QED) is 0.319. The molecule has 0 bridgehead atoms. The highest BCUT2D eigenvalue weighted by molar-refractivity contribution is 5.96. The lowest BCUT2D eigenvalue weighted by Crippen LogP contribution is -1.06. The molecule has 0 aliphatic carbocycles. The monoisotopic (exact) mass is 52.0 g/mol. The van der Waals surface area contributed by atoms with Crippen LogP contribution in [0.4, 0.5) is 4.32 Å². The van der Waals surface area contributed by atoms with Gasteiger partial charge >= 0.3 is 8.12 Å². The van der Waals surface area contributed by atoms with Crippen molar-refractivity contribution in [3.05, 3.63) is 0 Å². The number of hydrogen-bond donors (Lipinski definition) is 0. The van der Waals surface area contributed by atoms with Crippen molar-refractivity contribution in [1.29, 1.82) is 0 Å². The summed E-state index contributed by atoms with van der Waals surface area (Å²) in [7, 11) is 3.00. The molecule has 0 amide bonds. The van der Waals surface area contributed by atoms with E-state index in [1.165, 1.54) is 0 Å². The van der Waals surface area contributed by atoms with Gasteiger partial charge in [0.2, 0.25) is 0 Å². The van der Waals surface area contributed by atoms with Gasteiger partial charge in [-0.05, 0) is 0 Å². The Morgan fingerprint density at radius 2 is 1.00 bits per heavy atom. The van der Waals surface area contributed by atoms with Gasteiger partial charge in [-0.25, -0.2) is 0 Å². The van der Waals surface area contributed by atoms with E-state index in [-0.39, 0.29) is 16.8 Å². The predicted octanol–water partition coefficient (Wildman–Crippen LogP) is -0.722. The molecule has 0 saturated carbocycles. The van der Waals surface area contributed by atoms with Crippen molar-refractivity contribution in [3.63, 3.8) is 0 Å². The second-order valence-corrected chi connectivity index (χ2v) is 0. The normalized spacial score (nSPS) is 1.25. The zero-order chi connectivity index (χ0) is 2.00. The van der Waals surface area contributed by atoms with E-state index < -0.39 is 0 Å². The highest BCUT2D eigenvalue weighted by atomic mass is 19.1. The van der Waals surface area contributed by atoms with Crippen LogP contribution >= 0.6 is 0 Å². The lowest BCUT2D eigenvalue weighted by Gasteiger charge is -1.06. The van der Waals surface area contributed by atoms with E-state index in [0.717, 1.165) is 0 Å². The third kappa shape index (κ3) is 173. The van der Waals surface area contributed by atoms with Gasteiger partial charge in [-0.1, -0.05) is 0 Å². The molecule has 0 heterocycles. The zero-order valence-electron chi connectivity index (χ0n) is 2.11. The molecule has 0 aromatic rings. The number of halogens is 1. The first-order valence-electron chi connectivity index (χ1n) is 0.218. The molecule has 0 rings (SSSR count). The van der Waals surface area contributed by atoms with Crippen LogP contribution in [-0.4, -0.2) is 24.9 Å². The molecule has 0 spiro atoms. The Bertz CT molecular complexity index is 3.25. The molecule has 0 atom stereocenters.